The van der Waals surface area contributed by atoms with Gasteiger partial charge in [-0.15, -0.1) is 0 Å². The minimum absolute atomic E-state index is 0.000392. The van der Waals surface area contributed by atoms with Crippen molar-refractivity contribution >= 4 is 16.8 Å². The standard InChI is InChI=1S/C15H19N3O/c19-15(18-10-12-5-1-2-8-16-12)13-6-3-4-11-7-9-17-14(11)13/h3-4,6-7,9,12,16-17H,1-2,5,8,10H2,(H,18,19). The molecule has 1 aromatic heterocycles. The SMILES string of the molecule is O=C(NCC1CCCCN1)c1cccc2cc[nH]c12. The first-order valence-electron chi connectivity index (χ1n) is 6.92. The zero-order valence-corrected chi connectivity index (χ0v) is 10.9. The summed E-state index contributed by atoms with van der Waals surface area (Å²) >= 11 is 0. The molecule has 1 saturated heterocycles. The zero-order valence-electron chi connectivity index (χ0n) is 10.9. The first kappa shape index (κ1) is 12.2. The van der Waals surface area contributed by atoms with Crippen molar-refractivity contribution in [2.75, 3.05) is 13.1 Å². The third-order valence-corrected chi connectivity index (χ3v) is 3.75. The van der Waals surface area contributed by atoms with E-state index in [1.165, 1.54) is 12.8 Å². The van der Waals surface area contributed by atoms with E-state index < -0.39 is 0 Å². The fourth-order valence-electron chi connectivity index (χ4n) is 2.68. The Labute approximate surface area is 112 Å². The molecule has 2 heterocycles. The van der Waals surface area contributed by atoms with Gasteiger partial charge in [0, 0.05) is 24.2 Å². The molecule has 3 rings (SSSR count). The molecular weight excluding hydrogens is 238 g/mol. The normalized spacial score (nSPS) is 19.5. The third-order valence-electron chi connectivity index (χ3n) is 3.75. The second-order valence-electron chi connectivity index (χ2n) is 5.10. The van der Waals surface area contributed by atoms with E-state index in [0.29, 0.717) is 12.6 Å². The number of benzene rings is 1. The Bertz CT molecular complexity index is 570. The van der Waals surface area contributed by atoms with Gasteiger partial charge in [0.2, 0.25) is 0 Å². The Balaban J connectivity index is 1.68. The van der Waals surface area contributed by atoms with Crippen molar-refractivity contribution in [1.82, 2.24) is 15.6 Å². The van der Waals surface area contributed by atoms with Crippen molar-refractivity contribution in [1.29, 1.82) is 0 Å². The van der Waals surface area contributed by atoms with E-state index in [1.54, 1.807) is 0 Å². The van der Waals surface area contributed by atoms with Crippen molar-refractivity contribution < 1.29 is 4.79 Å². The lowest BCUT2D eigenvalue weighted by atomic mass is 10.0. The number of rotatable bonds is 3. The number of amides is 1. The monoisotopic (exact) mass is 257 g/mol. The van der Waals surface area contributed by atoms with E-state index in [2.05, 4.69) is 15.6 Å². The van der Waals surface area contributed by atoms with Gasteiger partial charge in [-0.3, -0.25) is 4.79 Å². The number of hydrogen-bond donors (Lipinski definition) is 3. The first-order valence-corrected chi connectivity index (χ1v) is 6.92. The van der Waals surface area contributed by atoms with Gasteiger partial charge in [0.1, 0.15) is 0 Å². The second-order valence-corrected chi connectivity index (χ2v) is 5.10. The van der Waals surface area contributed by atoms with Crippen molar-refractivity contribution in [3.05, 3.63) is 36.0 Å². The predicted molar refractivity (Wildman–Crippen MR) is 76.3 cm³/mol. The molecule has 1 amide bonds. The molecule has 1 aromatic carbocycles. The van der Waals surface area contributed by atoms with E-state index in [9.17, 15) is 4.79 Å². The number of para-hydroxylation sites is 1. The highest BCUT2D eigenvalue weighted by Crippen LogP contribution is 2.16. The average Bonchev–Trinajstić information content (AvgIpc) is 2.94. The Morgan fingerprint density at radius 3 is 3.11 bits per heavy atom. The van der Waals surface area contributed by atoms with E-state index in [-0.39, 0.29) is 5.91 Å². The van der Waals surface area contributed by atoms with Crippen LogP contribution in [0.5, 0.6) is 0 Å². The number of aromatic nitrogens is 1. The summed E-state index contributed by atoms with van der Waals surface area (Å²) in [4.78, 5) is 15.4. The van der Waals surface area contributed by atoms with Crippen molar-refractivity contribution in [3.8, 4) is 0 Å². The third kappa shape index (κ3) is 2.63. The lowest BCUT2D eigenvalue weighted by Gasteiger charge is -2.23. The summed E-state index contributed by atoms with van der Waals surface area (Å²) < 4.78 is 0. The van der Waals surface area contributed by atoms with Gasteiger partial charge < -0.3 is 15.6 Å². The van der Waals surface area contributed by atoms with Crippen LogP contribution in [0, 0.1) is 0 Å². The number of hydrogen-bond acceptors (Lipinski definition) is 2. The quantitative estimate of drug-likeness (QED) is 0.788. The molecular formula is C15H19N3O. The lowest BCUT2D eigenvalue weighted by molar-refractivity contribution is 0.0949. The number of carbonyl (C=O) groups is 1. The van der Waals surface area contributed by atoms with Gasteiger partial charge in [0.25, 0.3) is 5.91 Å². The summed E-state index contributed by atoms with van der Waals surface area (Å²) in [6.07, 6.45) is 5.50. The summed E-state index contributed by atoms with van der Waals surface area (Å²) in [5, 5.41) is 7.54. The average molecular weight is 257 g/mol. The number of fused-ring (bicyclic) bond motifs is 1. The second kappa shape index (κ2) is 5.45. The number of carbonyl (C=O) groups excluding carboxylic acids is 1. The van der Waals surface area contributed by atoms with Crippen molar-refractivity contribution in [2.24, 2.45) is 0 Å². The maximum Gasteiger partial charge on any atom is 0.253 e. The summed E-state index contributed by atoms with van der Waals surface area (Å²) in [5.41, 5.74) is 1.63. The maximum absolute atomic E-state index is 12.2. The van der Waals surface area contributed by atoms with E-state index in [1.807, 2.05) is 30.5 Å². The Morgan fingerprint density at radius 2 is 2.26 bits per heavy atom. The number of aromatic amines is 1. The maximum atomic E-state index is 12.2. The van der Waals surface area contributed by atoms with Gasteiger partial charge in [-0.2, -0.15) is 0 Å². The summed E-state index contributed by atoms with van der Waals surface area (Å²) in [6, 6.07) is 8.19. The Hall–Kier alpha value is -1.81. The number of piperidine rings is 1. The van der Waals surface area contributed by atoms with Crippen molar-refractivity contribution in [2.45, 2.75) is 25.3 Å². The fraction of sp³-hybridized carbons (Fsp3) is 0.400. The molecule has 4 nitrogen and oxygen atoms in total. The first-order chi connectivity index (χ1) is 9.34. The Morgan fingerprint density at radius 1 is 1.32 bits per heavy atom. The van der Waals surface area contributed by atoms with Crippen LogP contribution in [0.2, 0.25) is 0 Å². The smallest absolute Gasteiger partial charge is 0.253 e. The molecule has 3 N–H and O–H groups in total. The number of H-pyrrole nitrogens is 1. The molecule has 1 unspecified atom stereocenters. The van der Waals surface area contributed by atoms with Crippen LogP contribution >= 0.6 is 0 Å². The van der Waals surface area contributed by atoms with Crippen LogP contribution in [-0.2, 0) is 0 Å². The fourth-order valence-corrected chi connectivity index (χ4v) is 2.68. The molecule has 100 valence electrons. The van der Waals surface area contributed by atoms with E-state index >= 15 is 0 Å². The molecule has 0 radical (unpaired) electrons. The Kier molecular flexibility index (Phi) is 3.51. The molecule has 0 aliphatic carbocycles. The van der Waals surface area contributed by atoms with Gasteiger partial charge in [-0.05, 0) is 31.5 Å². The van der Waals surface area contributed by atoms with E-state index in [0.717, 1.165) is 29.4 Å². The largest absolute Gasteiger partial charge is 0.361 e. The van der Waals surface area contributed by atoms with Crippen LogP contribution in [0.25, 0.3) is 10.9 Å². The molecule has 19 heavy (non-hydrogen) atoms. The molecule has 0 bridgehead atoms. The topological polar surface area (TPSA) is 56.9 Å². The summed E-state index contributed by atoms with van der Waals surface area (Å²) in [6.45, 7) is 1.77. The molecule has 0 spiro atoms. The van der Waals surface area contributed by atoms with Crippen LogP contribution in [0.15, 0.2) is 30.5 Å². The highest BCUT2D eigenvalue weighted by atomic mass is 16.1. The highest BCUT2D eigenvalue weighted by molar-refractivity contribution is 6.05. The van der Waals surface area contributed by atoms with E-state index in [4.69, 9.17) is 0 Å². The van der Waals surface area contributed by atoms with Crippen LogP contribution in [0.3, 0.4) is 0 Å². The molecule has 4 heteroatoms. The lowest BCUT2D eigenvalue weighted by Crippen LogP contribution is -2.43. The van der Waals surface area contributed by atoms with Gasteiger partial charge in [0.15, 0.2) is 0 Å². The van der Waals surface area contributed by atoms with Crippen molar-refractivity contribution in [3.63, 3.8) is 0 Å². The summed E-state index contributed by atoms with van der Waals surface area (Å²) in [5.74, 6) is 0.000392. The van der Waals surface area contributed by atoms with Crippen LogP contribution < -0.4 is 10.6 Å². The molecule has 0 saturated carbocycles. The zero-order chi connectivity index (χ0) is 13.1. The molecule has 1 aliphatic heterocycles. The minimum Gasteiger partial charge on any atom is -0.361 e. The molecule has 2 aromatic rings. The van der Waals surface area contributed by atoms with Crippen LogP contribution in [0.4, 0.5) is 0 Å². The van der Waals surface area contributed by atoms with Crippen LogP contribution in [-0.4, -0.2) is 30.0 Å². The predicted octanol–water partition coefficient (Wildman–Crippen LogP) is 2.04. The number of nitrogens with one attached hydrogen (secondary N) is 3. The summed E-state index contributed by atoms with van der Waals surface area (Å²) in [7, 11) is 0. The van der Waals surface area contributed by atoms with Crippen LogP contribution in [0.1, 0.15) is 29.6 Å². The molecule has 1 fully saturated rings. The van der Waals surface area contributed by atoms with Gasteiger partial charge in [0.05, 0.1) is 11.1 Å². The van der Waals surface area contributed by atoms with Gasteiger partial charge in [-0.1, -0.05) is 18.6 Å². The van der Waals surface area contributed by atoms with Gasteiger partial charge >= 0.3 is 0 Å². The molecule has 1 atom stereocenters. The minimum atomic E-state index is 0.000392. The van der Waals surface area contributed by atoms with Gasteiger partial charge in [-0.25, -0.2) is 0 Å². The molecule has 1 aliphatic rings. The highest BCUT2D eigenvalue weighted by Gasteiger charge is 2.15.